The first-order chi connectivity index (χ1) is 10.5. The largest absolute Gasteiger partial charge is 0.494 e. The van der Waals surface area contributed by atoms with Crippen molar-refractivity contribution >= 4 is 6.09 Å². The predicted molar refractivity (Wildman–Crippen MR) is 81.5 cm³/mol. The van der Waals surface area contributed by atoms with E-state index < -0.39 is 0 Å². The summed E-state index contributed by atoms with van der Waals surface area (Å²) in [6.07, 6.45) is 1.44. The Labute approximate surface area is 130 Å². The van der Waals surface area contributed by atoms with Crippen molar-refractivity contribution < 1.29 is 18.7 Å². The summed E-state index contributed by atoms with van der Waals surface area (Å²) in [5.74, 6) is -0.100. The molecule has 0 spiro atoms. The number of nitrogens with one attached hydrogen (secondary N) is 1. The summed E-state index contributed by atoms with van der Waals surface area (Å²) in [6.45, 7) is 3.36. The molecule has 1 aliphatic heterocycles. The van der Waals surface area contributed by atoms with Crippen LogP contribution in [0.5, 0.6) is 5.75 Å². The molecule has 0 bridgehead atoms. The zero-order valence-electron chi connectivity index (χ0n) is 13.3. The van der Waals surface area contributed by atoms with Gasteiger partial charge in [-0.1, -0.05) is 6.07 Å². The molecule has 0 aromatic heterocycles. The first-order valence-corrected chi connectivity index (χ1v) is 7.47. The number of hydrogen-bond donors (Lipinski definition) is 1. The zero-order chi connectivity index (χ0) is 16.1. The Kier molecular flexibility index (Phi) is 5.60. The summed E-state index contributed by atoms with van der Waals surface area (Å²) in [7, 11) is 2.85. The van der Waals surface area contributed by atoms with Gasteiger partial charge in [-0.05, 0) is 37.5 Å². The lowest BCUT2D eigenvalue weighted by Crippen LogP contribution is -2.45. The third-order valence-electron chi connectivity index (χ3n) is 4.09. The van der Waals surface area contributed by atoms with Crippen LogP contribution in [0.4, 0.5) is 9.18 Å². The van der Waals surface area contributed by atoms with Gasteiger partial charge in [-0.15, -0.1) is 0 Å². The average molecular weight is 310 g/mol. The Morgan fingerprint density at radius 1 is 1.36 bits per heavy atom. The quantitative estimate of drug-likeness (QED) is 0.929. The molecule has 1 N–H and O–H groups in total. The summed E-state index contributed by atoms with van der Waals surface area (Å²) in [5, 5.41) is 3.49. The zero-order valence-corrected chi connectivity index (χ0v) is 13.3. The van der Waals surface area contributed by atoms with Crippen molar-refractivity contribution in [2.45, 2.75) is 31.8 Å². The number of piperidine rings is 1. The van der Waals surface area contributed by atoms with Crippen molar-refractivity contribution in [1.29, 1.82) is 0 Å². The number of carbonyl (C=O) groups is 1. The van der Waals surface area contributed by atoms with Crippen LogP contribution < -0.4 is 10.1 Å². The van der Waals surface area contributed by atoms with Crippen molar-refractivity contribution in [3.63, 3.8) is 0 Å². The van der Waals surface area contributed by atoms with E-state index in [2.05, 4.69) is 5.32 Å². The number of hydrogen-bond acceptors (Lipinski definition) is 4. The number of nitrogens with zero attached hydrogens (tertiary/aromatic N) is 1. The van der Waals surface area contributed by atoms with Crippen LogP contribution in [0.2, 0.25) is 0 Å². The van der Waals surface area contributed by atoms with Gasteiger partial charge in [-0.25, -0.2) is 9.18 Å². The van der Waals surface area contributed by atoms with Crippen LogP contribution in [-0.4, -0.2) is 44.3 Å². The lowest BCUT2D eigenvalue weighted by Gasteiger charge is -2.33. The van der Waals surface area contributed by atoms with E-state index in [-0.39, 0.29) is 23.7 Å². The van der Waals surface area contributed by atoms with Gasteiger partial charge in [0.25, 0.3) is 0 Å². The molecule has 1 aromatic carbocycles. The van der Waals surface area contributed by atoms with E-state index in [0.29, 0.717) is 19.1 Å². The normalized spacial score (nSPS) is 17.2. The van der Waals surface area contributed by atoms with Crippen molar-refractivity contribution in [2.75, 3.05) is 27.3 Å². The molecule has 0 aliphatic carbocycles. The molecule has 6 heteroatoms. The molecule has 1 heterocycles. The smallest absolute Gasteiger partial charge is 0.409 e. The number of methoxy groups -OCH3 is 2. The van der Waals surface area contributed by atoms with Crippen LogP contribution in [0.15, 0.2) is 18.2 Å². The highest BCUT2D eigenvalue weighted by Crippen LogP contribution is 2.23. The number of halogens is 1. The molecule has 0 saturated carbocycles. The Morgan fingerprint density at radius 3 is 2.59 bits per heavy atom. The lowest BCUT2D eigenvalue weighted by molar-refractivity contribution is 0.109. The number of likely N-dealkylation sites (tertiary alicyclic amines) is 1. The van der Waals surface area contributed by atoms with Crippen LogP contribution in [0, 0.1) is 5.82 Å². The molecule has 1 atom stereocenters. The Hall–Kier alpha value is -1.82. The molecule has 1 amide bonds. The second-order valence-corrected chi connectivity index (χ2v) is 5.51. The second kappa shape index (κ2) is 7.45. The summed E-state index contributed by atoms with van der Waals surface area (Å²) in [5.41, 5.74) is 0.883. The molecular weight excluding hydrogens is 287 g/mol. The minimum absolute atomic E-state index is 0.0371. The summed E-state index contributed by atoms with van der Waals surface area (Å²) >= 11 is 0. The van der Waals surface area contributed by atoms with Gasteiger partial charge in [0.1, 0.15) is 0 Å². The molecule has 0 unspecified atom stereocenters. The number of ether oxygens (including phenoxy) is 2. The van der Waals surface area contributed by atoms with Crippen LogP contribution in [-0.2, 0) is 4.74 Å². The summed E-state index contributed by atoms with van der Waals surface area (Å²) in [6, 6.07) is 5.35. The van der Waals surface area contributed by atoms with Gasteiger partial charge >= 0.3 is 6.09 Å². The molecule has 122 valence electrons. The number of carbonyl (C=O) groups excluding carboxylic acids is 1. The fourth-order valence-corrected chi connectivity index (χ4v) is 2.76. The van der Waals surface area contributed by atoms with E-state index in [9.17, 15) is 9.18 Å². The molecular formula is C16H23FN2O3. The van der Waals surface area contributed by atoms with Crippen LogP contribution in [0.25, 0.3) is 0 Å². The van der Waals surface area contributed by atoms with Gasteiger partial charge in [0, 0.05) is 25.2 Å². The molecule has 1 aromatic rings. The monoisotopic (exact) mass is 310 g/mol. The highest BCUT2D eigenvalue weighted by Gasteiger charge is 2.24. The molecule has 1 fully saturated rings. The molecule has 5 nitrogen and oxygen atoms in total. The minimum atomic E-state index is -0.353. The lowest BCUT2D eigenvalue weighted by atomic mass is 10.0. The Morgan fingerprint density at radius 2 is 2.05 bits per heavy atom. The topological polar surface area (TPSA) is 50.8 Å². The summed E-state index contributed by atoms with van der Waals surface area (Å²) < 4.78 is 23.4. The van der Waals surface area contributed by atoms with Crippen LogP contribution >= 0.6 is 0 Å². The van der Waals surface area contributed by atoms with E-state index in [1.807, 2.05) is 13.0 Å². The fourth-order valence-electron chi connectivity index (χ4n) is 2.76. The van der Waals surface area contributed by atoms with E-state index in [1.54, 1.807) is 11.0 Å². The highest BCUT2D eigenvalue weighted by molar-refractivity contribution is 5.67. The molecule has 0 radical (unpaired) electrons. The minimum Gasteiger partial charge on any atom is -0.494 e. The third kappa shape index (κ3) is 3.88. The Balaban J connectivity index is 1.89. The van der Waals surface area contributed by atoms with Crippen LogP contribution in [0.1, 0.15) is 31.4 Å². The van der Waals surface area contributed by atoms with Crippen molar-refractivity contribution in [2.24, 2.45) is 0 Å². The SMILES string of the molecule is COC(=O)N1CCC(N[C@@H](C)c2ccc(OC)c(F)c2)CC1. The van der Waals surface area contributed by atoms with E-state index in [4.69, 9.17) is 9.47 Å². The standard InChI is InChI=1S/C16H23FN2O3/c1-11(12-4-5-15(21-2)14(17)10-12)18-13-6-8-19(9-7-13)16(20)22-3/h4-5,10-11,13,18H,6-9H2,1-3H3/t11-/m0/s1. The molecule has 22 heavy (non-hydrogen) atoms. The van der Waals surface area contributed by atoms with E-state index in [0.717, 1.165) is 18.4 Å². The first kappa shape index (κ1) is 16.5. The maximum Gasteiger partial charge on any atom is 0.409 e. The Bertz CT molecular complexity index is 516. The molecule has 2 rings (SSSR count). The van der Waals surface area contributed by atoms with Gasteiger partial charge in [-0.3, -0.25) is 0 Å². The summed E-state index contributed by atoms with van der Waals surface area (Å²) in [4.78, 5) is 13.1. The highest BCUT2D eigenvalue weighted by atomic mass is 19.1. The average Bonchev–Trinajstić information content (AvgIpc) is 2.54. The van der Waals surface area contributed by atoms with E-state index >= 15 is 0 Å². The van der Waals surface area contributed by atoms with Gasteiger partial charge in [0.2, 0.25) is 0 Å². The third-order valence-corrected chi connectivity index (χ3v) is 4.09. The predicted octanol–water partition coefficient (Wildman–Crippen LogP) is 2.72. The van der Waals surface area contributed by atoms with Gasteiger partial charge in [0.05, 0.1) is 14.2 Å². The second-order valence-electron chi connectivity index (χ2n) is 5.51. The van der Waals surface area contributed by atoms with Crippen molar-refractivity contribution in [1.82, 2.24) is 10.2 Å². The molecule has 1 aliphatic rings. The van der Waals surface area contributed by atoms with Crippen molar-refractivity contribution in [3.05, 3.63) is 29.6 Å². The van der Waals surface area contributed by atoms with Gasteiger partial charge < -0.3 is 19.7 Å². The number of rotatable bonds is 4. The van der Waals surface area contributed by atoms with E-state index in [1.165, 1.54) is 20.3 Å². The first-order valence-electron chi connectivity index (χ1n) is 7.47. The van der Waals surface area contributed by atoms with Gasteiger partial charge in [-0.2, -0.15) is 0 Å². The maximum atomic E-state index is 13.8. The van der Waals surface area contributed by atoms with Gasteiger partial charge in [0.15, 0.2) is 11.6 Å². The van der Waals surface area contributed by atoms with Crippen molar-refractivity contribution in [3.8, 4) is 5.75 Å². The number of amides is 1. The fraction of sp³-hybridized carbons (Fsp3) is 0.562. The number of benzene rings is 1. The molecule has 1 saturated heterocycles. The maximum absolute atomic E-state index is 13.8. The van der Waals surface area contributed by atoms with Crippen LogP contribution in [0.3, 0.4) is 0 Å².